The topological polar surface area (TPSA) is 90.5 Å². The largest absolute Gasteiger partial charge is 0.363 e. The van der Waals surface area contributed by atoms with E-state index in [1.54, 1.807) is 6.07 Å². The van der Waals surface area contributed by atoms with E-state index in [1.165, 1.54) is 6.33 Å². The summed E-state index contributed by atoms with van der Waals surface area (Å²) in [6.07, 6.45) is 2.33. The first-order chi connectivity index (χ1) is 13.5. The van der Waals surface area contributed by atoms with Crippen LogP contribution in [0.2, 0.25) is 0 Å². The van der Waals surface area contributed by atoms with Crippen LogP contribution < -0.4 is 15.5 Å². The molecule has 2 aromatic rings. The molecule has 2 heterocycles. The normalized spacial score (nSPS) is 14.4. The number of amides is 2. The molecule has 8 heteroatoms. The number of hydrogen-bond donors (Lipinski definition) is 2. The Morgan fingerprint density at radius 3 is 2.93 bits per heavy atom. The molecule has 0 atom stereocenters. The van der Waals surface area contributed by atoms with E-state index >= 15 is 0 Å². The van der Waals surface area contributed by atoms with Crippen molar-refractivity contribution in [3.63, 3.8) is 0 Å². The van der Waals surface area contributed by atoms with E-state index in [4.69, 9.17) is 0 Å². The third kappa shape index (κ3) is 5.26. The van der Waals surface area contributed by atoms with Gasteiger partial charge in [0, 0.05) is 57.5 Å². The van der Waals surface area contributed by atoms with E-state index in [1.807, 2.05) is 43.3 Å². The van der Waals surface area contributed by atoms with Gasteiger partial charge in [0.1, 0.15) is 12.1 Å². The summed E-state index contributed by atoms with van der Waals surface area (Å²) >= 11 is 0. The number of benzene rings is 1. The highest BCUT2D eigenvalue weighted by Gasteiger charge is 2.15. The summed E-state index contributed by atoms with van der Waals surface area (Å²) in [4.78, 5) is 36.4. The second kappa shape index (κ2) is 9.27. The number of carbonyl (C=O) groups excluding carboxylic acids is 2. The summed E-state index contributed by atoms with van der Waals surface area (Å²) in [5.74, 6) is 0.764. The van der Waals surface area contributed by atoms with Crippen LogP contribution in [-0.2, 0) is 4.79 Å². The fourth-order valence-corrected chi connectivity index (χ4v) is 3.06. The van der Waals surface area contributed by atoms with Crippen molar-refractivity contribution in [2.45, 2.75) is 6.42 Å². The van der Waals surface area contributed by atoms with E-state index in [0.717, 1.165) is 36.6 Å². The smallest absolute Gasteiger partial charge is 0.251 e. The van der Waals surface area contributed by atoms with E-state index in [0.29, 0.717) is 25.2 Å². The van der Waals surface area contributed by atoms with Gasteiger partial charge < -0.3 is 15.5 Å². The van der Waals surface area contributed by atoms with Crippen LogP contribution in [0.1, 0.15) is 16.8 Å². The third-order valence-corrected chi connectivity index (χ3v) is 4.59. The van der Waals surface area contributed by atoms with Crippen LogP contribution >= 0.6 is 0 Å². The zero-order valence-electron chi connectivity index (χ0n) is 16.3. The lowest BCUT2D eigenvalue weighted by atomic mass is 10.1. The molecule has 3 rings (SSSR count). The van der Waals surface area contributed by atoms with Crippen LogP contribution in [0.5, 0.6) is 0 Å². The molecule has 0 unspecified atom stereocenters. The summed E-state index contributed by atoms with van der Waals surface area (Å²) < 4.78 is 0. The number of anilines is 1. The van der Waals surface area contributed by atoms with E-state index in [9.17, 15) is 9.59 Å². The molecule has 1 aromatic carbocycles. The van der Waals surface area contributed by atoms with Gasteiger partial charge >= 0.3 is 0 Å². The van der Waals surface area contributed by atoms with Gasteiger partial charge in [0.2, 0.25) is 5.91 Å². The number of rotatable bonds is 7. The van der Waals surface area contributed by atoms with E-state index < -0.39 is 0 Å². The summed E-state index contributed by atoms with van der Waals surface area (Å²) in [6.45, 7) is 3.34. The first kappa shape index (κ1) is 19.8. The zero-order valence-corrected chi connectivity index (χ0v) is 16.3. The van der Waals surface area contributed by atoms with Crippen molar-refractivity contribution < 1.29 is 9.59 Å². The average Bonchev–Trinajstić information content (AvgIpc) is 2.71. The lowest BCUT2D eigenvalue weighted by molar-refractivity contribution is -0.124. The summed E-state index contributed by atoms with van der Waals surface area (Å²) in [7, 11) is 3.85. The van der Waals surface area contributed by atoms with Gasteiger partial charge in [0.15, 0.2) is 0 Å². The SMILES string of the molecule is CN(C)c1cc(-c2cccc(C(=O)NCCCN3CCNC(=O)C3)c2)ncn1. The van der Waals surface area contributed by atoms with Gasteiger partial charge in [-0.15, -0.1) is 0 Å². The Morgan fingerprint density at radius 1 is 1.29 bits per heavy atom. The molecular formula is C20H26N6O2. The molecule has 0 radical (unpaired) electrons. The minimum absolute atomic E-state index is 0.0641. The lowest BCUT2D eigenvalue weighted by Crippen LogP contribution is -2.48. The number of piperazine rings is 1. The van der Waals surface area contributed by atoms with Crippen molar-refractivity contribution in [1.29, 1.82) is 0 Å². The zero-order chi connectivity index (χ0) is 19.9. The number of nitrogens with zero attached hydrogens (tertiary/aromatic N) is 4. The predicted octanol–water partition coefficient (Wildman–Crippen LogP) is 0.761. The minimum Gasteiger partial charge on any atom is -0.363 e. The highest BCUT2D eigenvalue weighted by Crippen LogP contribution is 2.21. The van der Waals surface area contributed by atoms with Gasteiger partial charge in [-0.25, -0.2) is 9.97 Å². The molecule has 0 spiro atoms. The molecule has 28 heavy (non-hydrogen) atoms. The predicted molar refractivity (Wildman–Crippen MR) is 108 cm³/mol. The Morgan fingerprint density at radius 2 is 2.14 bits per heavy atom. The van der Waals surface area contributed by atoms with Crippen LogP contribution in [-0.4, -0.2) is 73.5 Å². The van der Waals surface area contributed by atoms with Gasteiger partial charge in [-0.1, -0.05) is 12.1 Å². The van der Waals surface area contributed by atoms with Gasteiger partial charge in [-0.3, -0.25) is 14.5 Å². The van der Waals surface area contributed by atoms with Crippen molar-refractivity contribution in [2.75, 3.05) is 51.7 Å². The molecular weight excluding hydrogens is 356 g/mol. The molecule has 148 valence electrons. The summed E-state index contributed by atoms with van der Waals surface area (Å²) in [5.41, 5.74) is 2.24. The number of carbonyl (C=O) groups is 2. The second-order valence-corrected chi connectivity index (χ2v) is 6.97. The van der Waals surface area contributed by atoms with Gasteiger partial charge in [0.05, 0.1) is 12.2 Å². The van der Waals surface area contributed by atoms with Crippen LogP contribution in [0.4, 0.5) is 5.82 Å². The van der Waals surface area contributed by atoms with Gasteiger partial charge in [-0.2, -0.15) is 0 Å². The Kier molecular flexibility index (Phi) is 6.54. The third-order valence-electron chi connectivity index (χ3n) is 4.59. The van der Waals surface area contributed by atoms with Crippen molar-refractivity contribution in [3.05, 3.63) is 42.2 Å². The van der Waals surface area contributed by atoms with Crippen LogP contribution in [0.3, 0.4) is 0 Å². The van der Waals surface area contributed by atoms with Crippen molar-refractivity contribution in [3.8, 4) is 11.3 Å². The first-order valence-corrected chi connectivity index (χ1v) is 9.40. The Labute approximate surface area is 165 Å². The summed E-state index contributed by atoms with van der Waals surface area (Å²) in [6, 6.07) is 9.31. The molecule has 8 nitrogen and oxygen atoms in total. The average molecular weight is 382 g/mol. The van der Waals surface area contributed by atoms with Crippen LogP contribution in [0.15, 0.2) is 36.7 Å². The first-order valence-electron chi connectivity index (χ1n) is 9.40. The van der Waals surface area contributed by atoms with E-state index in [2.05, 4.69) is 25.5 Å². The molecule has 1 aliphatic rings. The maximum Gasteiger partial charge on any atom is 0.251 e. The maximum atomic E-state index is 12.5. The molecule has 1 aromatic heterocycles. The number of nitrogens with one attached hydrogen (secondary N) is 2. The Bertz CT molecular complexity index is 839. The van der Waals surface area contributed by atoms with Gasteiger partial charge in [-0.05, 0) is 18.6 Å². The molecule has 0 aliphatic carbocycles. The quantitative estimate of drug-likeness (QED) is 0.687. The monoisotopic (exact) mass is 382 g/mol. The summed E-state index contributed by atoms with van der Waals surface area (Å²) in [5, 5.41) is 5.76. The lowest BCUT2D eigenvalue weighted by Gasteiger charge is -2.26. The number of hydrogen-bond acceptors (Lipinski definition) is 6. The Hall–Kier alpha value is -3.00. The van der Waals surface area contributed by atoms with Crippen molar-refractivity contribution in [1.82, 2.24) is 25.5 Å². The van der Waals surface area contributed by atoms with Crippen LogP contribution in [0.25, 0.3) is 11.3 Å². The molecule has 1 saturated heterocycles. The molecule has 1 fully saturated rings. The second-order valence-electron chi connectivity index (χ2n) is 6.97. The highest BCUT2D eigenvalue weighted by molar-refractivity contribution is 5.95. The molecule has 0 bridgehead atoms. The maximum absolute atomic E-state index is 12.5. The molecule has 2 N–H and O–H groups in total. The van der Waals surface area contributed by atoms with Gasteiger partial charge in [0.25, 0.3) is 5.91 Å². The fourth-order valence-electron chi connectivity index (χ4n) is 3.06. The minimum atomic E-state index is -0.111. The molecule has 1 aliphatic heterocycles. The van der Waals surface area contributed by atoms with Crippen LogP contribution in [0, 0.1) is 0 Å². The van der Waals surface area contributed by atoms with Crippen molar-refractivity contribution >= 4 is 17.6 Å². The van der Waals surface area contributed by atoms with Crippen molar-refractivity contribution in [2.24, 2.45) is 0 Å². The molecule has 0 saturated carbocycles. The van der Waals surface area contributed by atoms with E-state index in [-0.39, 0.29) is 11.8 Å². The Balaban J connectivity index is 1.55. The fraction of sp³-hybridized carbons (Fsp3) is 0.400. The highest BCUT2D eigenvalue weighted by atomic mass is 16.2. The number of aromatic nitrogens is 2. The standard InChI is InChI=1S/C20H26N6O2/c1-25(2)18-12-17(23-14-24-18)15-5-3-6-16(11-15)20(28)22-7-4-9-26-10-8-21-19(27)13-26/h3,5-6,11-12,14H,4,7-10,13H2,1-2H3,(H,21,27)(H,22,28). The molecule has 2 amide bonds.